The lowest BCUT2D eigenvalue weighted by Crippen LogP contribution is -2.11. The van der Waals surface area contributed by atoms with Crippen molar-refractivity contribution >= 4 is 12.4 Å². The summed E-state index contributed by atoms with van der Waals surface area (Å²) in [5, 5.41) is 0. The number of carbonyl (C=O) groups excluding carboxylic acids is 1. The van der Waals surface area contributed by atoms with E-state index >= 15 is 0 Å². The fraction of sp³-hybridized carbons (Fsp3) is 0.200. The predicted molar refractivity (Wildman–Crippen MR) is 51.6 cm³/mol. The van der Waals surface area contributed by atoms with Crippen LogP contribution in [-0.4, -0.2) is 30.3 Å². The predicted octanol–water partition coefficient (Wildman–Crippen LogP) is 1.09. The van der Waals surface area contributed by atoms with Gasteiger partial charge in [0.25, 0.3) is 6.29 Å². The Hall–Kier alpha value is -1.64. The lowest BCUT2D eigenvalue weighted by Gasteiger charge is -2.09. The molecular formula is C10H11N2O. The van der Waals surface area contributed by atoms with Crippen molar-refractivity contribution < 1.29 is 4.79 Å². The van der Waals surface area contributed by atoms with E-state index in [1.165, 1.54) is 0 Å². The van der Waals surface area contributed by atoms with Gasteiger partial charge in [0.1, 0.15) is 0 Å². The molecule has 0 aliphatic heterocycles. The Morgan fingerprint density at radius 1 is 1.54 bits per heavy atom. The van der Waals surface area contributed by atoms with Crippen molar-refractivity contribution in [1.82, 2.24) is 9.88 Å². The molecule has 1 heterocycles. The minimum Gasteiger partial charge on any atom is -0.374 e. The third kappa shape index (κ3) is 2.71. The zero-order chi connectivity index (χ0) is 9.68. The van der Waals surface area contributed by atoms with Crippen molar-refractivity contribution in [2.24, 2.45) is 0 Å². The van der Waals surface area contributed by atoms with Crippen LogP contribution in [0.2, 0.25) is 0 Å². The summed E-state index contributed by atoms with van der Waals surface area (Å²) in [5.74, 6) is 0. The second-order valence-electron chi connectivity index (χ2n) is 2.78. The van der Waals surface area contributed by atoms with Gasteiger partial charge in [-0.15, -0.1) is 0 Å². The van der Waals surface area contributed by atoms with E-state index in [-0.39, 0.29) is 0 Å². The van der Waals surface area contributed by atoms with Gasteiger partial charge in [-0.05, 0) is 18.2 Å². The number of allylic oxidation sites excluding steroid dienone is 1. The van der Waals surface area contributed by atoms with E-state index in [2.05, 4.69) is 4.98 Å². The van der Waals surface area contributed by atoms with Crippen molar-refractivity contribution in [3.8, 4) is 0 Å². The van der Waals surface area contributed by atoms with Gasteiger partial charge in [-0.25, -0.2) is 0 Å². The summed E-state index contributed by atoms with van der Waals surface area (Å²) in [4.78, 5) is 16.3. The molecule has 1 aromatic rings. The lowest BCUT2D eigenvalue weighted by molar-refractivity contribution is 0.508. The van der Waals surface area contributed by atoms with E-state index in [4.69, 9.17) is 0 Å². The van der Waals surface area contributed by atoms with Gasteiger partial charge in [0.05, 0.1) is 11.4 Å². The Morgan fingerprint density at radius 2 is 2.31 bits per heavy atom. The molecule has 0 bridgehead atoms. The van der Waals surface area contributed by atoms with Crippen molar-refractivity contribution in [1.29, 1.82) is 0 Å². The molecule has 67 valence electrons. The van der Waals surface area contributed by atoms with E-state index in [1.54, 1.807) is 31.3 Å². The highest BCUT2D eigenvalue weighted by atomic mass is 16.1. The normalized spacial score (nSPS) is 11.1. The molecule has 1 rings (SSSR count). The summed E-state index contributed by atoms with van der Waals surface area (Å²) in [6.07, 6.45) is 5.22. The number of hydrogen-bond donors (Lipinski definition) is 0. The number of aromatic nitrogens is 1. The maximum absolute atomic E-state index is 10.5. The van der Waals surface area contributed by atoms with Gasteiger partial charge in [-0.1, -0.05) is 6.07 Å². The quantitative estimate of drug-likeness (QED) is 0.645. The molecule has 0 N–H and O–H groups in total. The first-order chi connectivity index (χ1) is 6.24. The number of hydrogen-bond acceptors (Lipinski definition) is 3. The maximum atomic E-state index is 10.5. The number of likely N-dealkylation sites (N-methyl/N-ethyl adjacent to an activating group) is 1. The fourth-order valence-corrected chi connectivity index (χ4v) is 0.851. The zero-order valence-electron chi connectivity index (χ0n) is 7.69. The third-order valence-corrected chi connectivity index (χ3v) is 1.56. The van der Waals surface area contributed by atoms with Crippen molar-refractivity contribution in [2.75, 3.05) is 14.1 Å². The molecule has 1 aromatic heterocycles. The van der Waals surface area contributed by atoms with Crippen molar-refractivity contribution in [3.63, 3.8) is 0 Å². The van der Waals surface area contributed by atoms with Crippen LogP contribution in [0.25, 0.3) is 6.08 Å². The Labute approximate surface area is 77.7 Å². The van der Waals surface area contributed by atoms with Crippen LogP contribution in [0, 0.1) is 0 Å². The molecule has 0 aliphatic rings. The Bertz CT molecular complexity index is 304. The van der Waals surface area contributed by atoms with Gasteiger partial charge in [0, 0.05) is 20.3 Å². The van der Waals surface area contributed by atoms with E-state index in [1.807, 2.05) is 24.5 Å². The first-order valence-corrected chi connectivity index (χ1v) is 3.92. The first-order valence-electron chi connectivity index (χ1n) is 3.92. The molecule has 0 fully saturated rings. The molecule has 13 heavy (non-hydrogen) atoms. The van der Waals surface area contributed by atoms with Gasteiger partial charge in [0.15, 0.2) is 0 Å². The third-order valence-electron chi connectivity index (χ3n) is 1.56. The van der Waals surface area contributed by atoms with Gasteiger partial charge < -0.3 is 4.90 Å². The number of pyridine rings is 1. The topological polar surface area (TPSA) is 33.2 Å². The summed E-state index contributed by atoms with van der Waals surface area (Å²) in [7, 11) is 3.58. The molecule has 0 saturated heterocycles. The molecule has 0 unspecified atom stereocenters. The monoisotopic (exact) mass is 175 g/mol. The highest BCUT2D eigenvalue weighted by molar-refractivity contribution is 5.80. The first kappa shape index (κ1) is 9.45. The number of rotatable bonds is 3. The Morgan fingerprint density at radius 3 is 2.77 bits per heavy atom. The van der Waals surface area contributed by atoms with Crippen LogP contribution in [0.5, 0.6) is 0 Å². The Balaban J connectivity index is 2.92. The molecule has 3 nitrogen and oxygen atoms in total. The molecule has 0 atom stereocenters. The molecule has 0 saturated carbocycles. The molecule has 0 spiro atoms. The second kappa shape index (κ2) is 4.40. The minimum atomic E-state index is 0.485. The molecule has 0 amide bonds. The van der Waals surface area contributed by atoms with Crippen molar-refractivity contribution in [3.05, 3.63) is 35.8 Å². The van der Waals surface area contributed by atoms with Crippen LogP contribution in [0.1, 0.15) is 5.69 Å². The van der Waals surface area contributed by atoms with Crippen LogP contribution in [0.15, 0.2) is 30.1 Å². The largest absolute Gasteiger partial charge is 0.374 e. The van der Waals surface area contributed by atoms with Gasteiger partial charge in [-0.2, -0.15) is 0 Å². The van der Waals surface area contributed by atoms with Gasteiger partial charge >= 0.3 is 0 Å². The highest BCUT2D eigenvalue weighted by Gasteiger charge is 1.98. The lowest BCUT2D eigenvalue weighted by atomic mass is 10.3. The summed E-state index contributed by atoms with van der Waals surface area (Å²) in [5.41, 5.74) is 1.24. The smallest absolute Gasteiger partial charge is 0.251 e. The van der Waals surface area contributed by atoms with Crippen LogP contribution in [0.3, 0.4) is 0 Å². The van der Waals surface area contributed by atoms with Gasteiger partial charge in [-0.3, -0.25) is 9.78 Å². The molecule has 0 aromatic carbocycles. The highest BCUT2D eigenvalue weighted by Crippen LogP contribution is 2.02. The van der Waals surface area contributed by atoms with Gasteiger partial charge in [0.2, 0.25) is 0 Å². The van der Waals surface area contributed by atoms with Crippen molar-refractivity contribution in [2.45, 2.75) is 0 Å². The standard InChI is InChI=1S/C10H11N2O/c1-12(2)10(8-13)7-9-5-3-4-6-11-9/h3-7H,1-2H3/b10-7+. The summed E-state index contributed by atoms with van der Waals surface area (Å²) in [6.45, 7) is 0. The van der Waals surface area contributed by atoms with E-state index in [0.717, 1.165) is 5.69 Å². The average Bonchev–Trinajstić information content (AvgIpc) is 2.15. The minimum absolute atomic E-state index is 0.485. The second-order valence-corrected chi connectivity index (χ2v) is 2.78. The van der Waals surface area contributed by atoms with Crippen LogP contribution >= 0.6 is 0 Å². The van der Waals surface area contributed by atoms with Crippen LogP contribution in [0.4, 0.5) is 0 Å². The summed E-state index contributed by atoms with van der Waals surface area (Å²) < 4.78 is 0. The molecule has 3 heteroatoms. The van der Waals surface area contributed by atoms with Crippen LogP contribution < -0.4 is 0 Å². The molecule has 1 radical (unpaired) electrons. The molecule has 0 aliphatic carbocycles. The van der Waals surface area contributed by atoms with E-state index in [9.17, 15) is 4.79 Å². The Kier molecular flexibility index (Phi) is 3.20. The maximum Gasteiger partial charge on any atom is 0.251 e. The van der Waals surface area contributed by atoms with E-state index in [0.29, 0.717) is 5.70 Å². The summed E-state index contributed by atoms with van der Waals surface area (Å²) >= 11 is 0. The number of nitrogens with zero attached hydrogens (tertiary/aromatic N) is 2. The SMILES string of the molecule is CN(C)/C([C]=O)=C/c1ccccn1. The zero-order valence-corrected chi connectivity index (χ0v) is 7.69. The molecular weight excluding hydrogens is 164 g/mol. The fourth-order valence-electron chi connectivity index (χ4n) is 0.851. The summed E-state index contributed by atoms with van der Waals surface area (Å²) in [6, 6.07) is 5.54. The van der Waals surface area contributed by atoms with Crippen LogP contribution in [-0.2, 0) is 4.79 Å². The average molecular weight is 175 g/mol. The van der Waals surface area contributed by atoms with E-state index < -0.39 is 0 Å².